The minimum Gasteiger partial charge on any atom is -0.394 e. The lowest BCUT2D eigenvalue weighted by molar-refractivity contribution is -0.122. The Morgan fingerprint density at radius 2 is 2.26 bits per heavy atom. The van der Waals surface area contributed by atoms with Gasteiger partial charge in [-0.05, 0) is 18.6 Å². The third-order valence-electron chi connectivity index (χ3n) is 3.19. The highest BCUT2D eigenvalue weighted by atomic mass is 16.3. The fourth-order valence-corrected chi connectivity index (χ4v) is 1.99. The molecule has 0 radical (unpaired) electrons. The first-order valence-corrected chi connectivity index (χ1v) is 6.54. The number of carbonyl (C=O) groups excluding carboxylic acids is 1. The van der Waals surface area contributed by atoms with E-state index in [0.717, 1.165) is 17.5 Å². The van der Waals surface area contributed by atoms with E-state index in [2.05, 4.69) is 10.3 Å². The molecule has 0 saturated carbocycles. The van der Waals surface area contributed by atoms with Crippen LogP contribution in [0.5, 0.6) is 0 Å². The molecule has 0 unspecified atom stereocenters. The first kappa shape index (κ1) is 13.5. The standard InChI is InChI=1S/C14H19N3O2/c1-2-11(9-18)16-14(19)7-8-17-10-15-12-5-3-4-6-13(12)17/h3-6,10-11,18H,2,7-9H2,1H3,(H,16,19)/t11-/m0/s1. The summed E-state index contributed by atoms with van der Waals surface area (Å²) in [6, 6.07) is 7.69. The van der Waals surface area contributed by atoms with Crippen LogP contribution in [0, 0.1) is 0 Å². The maximum absolute atomic E-state index is 11.7. The third kappa shape index (κ3) is 3.32. The summed E-state index contributed by atoms with van der Waals surface area (Å²) in [7, 11) is 0. The number of rotatable bonds is 6. The lowest BCUT2D eigenvalue weighted by Crippen LogP contribution is -2.37. The Kier molecular flexibility index (Phi) is 4.52. The van der Waals surface area contributed by atoms with Crippen molar-refractivity contribution in [3.63, 3.8) is 0 Å². The summed E-state index contributed by atoms with van der Waals surface area (Å²) in [5.74, 6) is -0.0429. The number of carbonyl (C=O) groups is 1. The zero-order chi connectivity index (χ0) is 13.7. The fraction of sp³-hybridized carbons (Fsp3) is 0.429. The molecule has 0 aliphatic rings. The molecule has 0 saturated heterocycles. The second kappa shape index (κ2) is 6.33. The number of aromatic nitrogens is 2. The van der Waals surface area contributed by atoms with E-state index in [9.17, 15) is 4.79 Å². The van der Waals surface area contributed by atoms with Crippen LogP contribution in [0.15, 0.2) is 30.6 Å². The van der Waals surface area contributed by atoms with Crippen molar-refractivity contribution < 1.29 is 9.90 Å². The van der Waals surface area contributed by atoms with Gasteiger partial charge in [-0.15, -0.1) is 0 Å². The number of benzene rings is 1. The number of aliphatic hydroxyl groups excluding tert-OH is 1. The Morgan fingerprint density at radius 1 is 1.47 bits per heavy atom. The number of imidazole rings is 1. The van der Waals surface area contributed by atoms with Crippen molar-refractivity contribution in [3.8, 4) is 0 Å². The smallest absolute Gasteiger partial charge is 0.222 e. The number of nitrogens with one attached hydrogen (secondary N) is 1. The van der Waals surface area contributed by atoms with Gasteiger partial charge in [0.25, 0.3) is 0 Å². The summed E-state index contributed by atoms with van der Waals surface area (Å²) in [6.45, 7) is 2.51. The lowest BCUT2D eigenvalue weighted by atomic mass is 10.2. The average molecular weight is 261 g/mol. The summed E-state index contributed by atoms with van der Waals surface area (Å²) in [5, 5.41) is 11.8. The van der Waals surface area contributed by atoms with E-state index < -0.39 is 0 Å². The summed E-state index contributed by atoms with van der Waals surface area (Å²) >= 11 is 0. The van der Waals surface area contributed by atoms with E-state index in [1.165, 1.54) is 0 Å². The fourth-order valence-electron chi connectivity index (χ4n) is 1.99. The third-order valence-corrected chi connectivity index (χ3v) is 3.19. The van der Waals surface area contributed by atoms with Gasteiger partial charge in [-0.1, -0.05) is 19.1 Å². The average Bonchev–Trinajstić information content (AvgIpc) is 2.86. The molecule has 1 amide bonds. The van der Waals surface area contributed by atoms with Gasteiger partial charge in [-0.2, -0.15) is 0 Å². The zero-order valence-electron chi connectivity index (χ0n) is 11.0. The molecule has 0 spiro atoms. The maximum Gasteiger partial charge on any atom is 0.222 e. The van der Waals surface area contributed by atoms with E-state index in [4.69, 9.17) is 5.11 Å². The minimum atomic E-state index is -0.146. The number of hydrogen-bond donors (Lipinski definition) is 2. The topological polar surface area (TPSA) is 67.2 Å². The van der Waals surface area contributed by atoms with Crippen LogP contribution in [0.1, 0.15) is 19.8 Å². The largest absolute Gasteiger partial charge is 0.394 e. The molecule has 2 aromatic rings. The maximum atomic E-state index is 11.7. The van der Waals surface area contributed by atoms with E-state index in [0.29, 0.717) is 13.0 Å². The Bertz CT molecular complexity index is 546. The van der Waals surface area contributed by atoms with Crippen molar-refractivity contribution in [1.82, 2.24) is 14.9 Å². The molecule has 19 heavy (non-hydrogen) atoms. The van der Waals surface area contributed by atoms with Crippen molar-refractivity contribution in [1.29, 1.82) is 0 Å². The van der Waals surface area contributed by atoms with Gasteiger partial charge in [-0.25, -0.2) is 4.98 Å². The molecule has 1 aromatic carbocycles. The van der Waals surface area contributed by atoms with Crippen molar-refractivity contribution >= 4 is 16.9 Å². The molecule has 5 heteroatoms. The lowest BCUT2D eigenvalue weighted by Gasteiger charge is -2.14. The highest BCUT2D eigenvalue weighted by Gasteiger charge is 2.09. The Balaban J connectivity index is 1.93. The molecule has 102 valence electrons. The number of aliphatic hydroxyl groups is 1. The summed E-state index contributed by atoms with van der Waals surface area (Å²) in [6.07, 6.45) is 2.87. The van der Waals surface area contributed by atoms with Crippen molar-refractivity contribution in [2.24, 2.45) is 0 Å². The second-order valence-electron chi connectivity index (χ2n) is 4.53. The predicted octanol–water partition coefficient (Wildman–Crippen LogP) is 1.31. The van der Waals surface area contributed by atoms with Gasteiger partial charge in [0.2, 0.25) is 5.91 Å². The monoisotopic (exact) mass is 261 g/mol. The summed E-state index contributed by atoms with van der Waals surface area (Å²) < 4.78 is 1.97. The van der Waals surface area contributed by atoms with Crippen LogP contribution in [0.3, 0.4) is 0 Å². The van der Waals surface area contributed by atoms with Crippen LogP contribution in [0.25, 0.3) is 11.0 Å². The van der Waals surface area contributed by atoms with Gasteiger partial charge in [0.1, 0.15) is 0 Å². The molecule has 2 rings (SSSR count). The Labute approximate surface area is 112 Å². The molecule has 1 atom stereocenters. The highest BCUT2D eigenvalue weighted by molar-refractivity contribution is 5.77. The molecule has 1 aromatic heterocycles. The highest BCUT2D eigenvalue weighted by Crippen LogP contribution is 2.12. The first-order valence-electron chi connectivity index (χ1n) is 6.54. The van der Waals surface area contributed by atoms with Gasteiger partial charge >= 0.3 is 0 Å². The van der Waals surface area contributed by atoms with Crippen LogP contribution < -0.4 is 5.32 Å². The minimum absolute atomic E-state index is 0.0176. The molecule has 0 bridgehead atoms. The number of nitrogens with zero attached hydrogens (tertiary/aromatic N) is 2. The Hall–Kier alpha value is -1.88. The van der Waals surface area contributed by atoms with Crippen LogP contribution in [-0.4, -0.2) is 33.2 Å². The van der Waals surface area contributed by atoms with Gasteiger partial charge in [-0.3, -0.25) is 4.79 Å². The molecule has 0 aliphatic heterocycles. The van der Waals surface area contributed by atoms with Gasteiger partial charge < -0.3 is 15.0 Å². The van der Waals surface area contributed by atoms with E-state index >= 15 is 0 Å². The van der Waals surface area contributed by atoms with Crippen LogP contribution in [0.2, 0.25) is 0 Å². The van der Waals surface area contributed by atoms with Crippen LogP contribution in [-0.2, 0) is 11.3 Å². The first-order chi connectivity index (χ1) is 9.24. The molecule has 0 fully saturated rings. The number of para-hydroxylation sites is 2. The molecular formula is C14H19N3O2. The van der Waals surface area contributed by atoms with Crippen molar-refractivity contribution in [2.45, 2.75) is 32.4 Å². The normalized spacial score (nSPS) is 12.5. The zero-order valence-corrected chi connectivity index (χ0v) is 11.0. The summed E-state index contributed by atoms with van der Waals surface area (Å²) in [4.78, 5) is 16.0. The number of fused-ring (bicyclic) bond motifs is 1. The van der Waals surface area contributed by atoms with E-state index in [-0.39, 0.29) is 18.6 Å². The molecule has 2 N–H and O–H groups in total. The van der Waals surface area contributed by atoms with Gasteiger partial charge in [0.15, 0.2) is 0 Å². The van der Waals surface area contributed by atoms with Crippen molar-refractivity contribution in [2.75, 3.05) is 6.61 Å². The number of amides is 1. The van der Waals surface area contributed by atoms with Gasteiger partial charge in [0, 0.05) is 13.0 Å². The van der Waals surface area contributed by atoms with Crippen LogP contribution >= 0.6 is 0 Å². The van der Waals surface area contributed by atoms with E-state index in [1.807, 2.05) is 35.8 Å². The molecule has 5 nitrogen and oxygen atoms in total. The number of hydrogen-bond acceptors (Lipinski definition) is 3. The van der Waals surface area contributed by atoms with Gasteiger partial charge in [0.05, 0.1) is 30.0 Å². The quantitative estimate of drug-likeness (QED) is 0.824. The Morgan fingerprint density at radius 3 is 3.00 bits per heavy atom. The predicted molar refractivity (Wildman–Crippen MR) is 73.7 cm³/mol. The SMILES string of the molecule is CC[C@@H](CO)NC(=O)CCn1cnc2ccccc21. The summed E-state index contributed by atoms with van der Waals surface area (Å²) in [5.41, 5.74) is 1.97. The van der Waals surface area contributed by atoms with Crippen molar-refractivity contribution in [3.05, 3.63) is 30.6 Å². The van der Waals surface area contributed by atoms with E-state index in [1.54, 1.807) is 6.33 Å². The second-order valence-corrected chi connectivity index (χ2v) is 4.53. The molecule has 0 aliphatic carbocycles. The number of aryl methyl sites for hydroxylation is 1. The van der Waals surface area contributed by atoms with Crippen LogP contribution in [0.4, 0.5) is 0 Å². The molecular weight excluding hydrogens is 242 g/mol. The molecule has 1 heterocycles.